The minimum Gasteiger partial charge on any atom is -0.493 e. The Balaban J connectivity index is 1.97. The second-order valence-corrected chi connectivity index (χ2v) is 5.73. The summed E-state index contributed by atoms with van der Waals surface area (Å²) in [5, 5.41) is 10.8. The first-order valence-corrected chi connectivity index (χ1v) is 7.87. The standard InChI is InChI=1S/C18H23N3O/c1-3-22-17-9-8-16(14-6-4-5-7-15(14)17)18(19)21-12-10-20(2)11-13-21/h4-9,19H,3,10-13H2,1-2H3. The molecule has 0 aromatic heterocycles. The minimum absolute atomic E-state index is 0.618. The van der Waals surface area contributed by atoms with Crippen LogP contribution in [0.3, 0.4) is 0 Å². The van der Waals surface area contributed by atoms with Gasteiger partial charge in [-0.15, -0.1) is 0 Å². The zero-order valence-corrected chi connectivity index (χ0v) is 13.3. The third-order valence-electron chi connectivity index (χ3n) is 4.26. The maximum atomic E-state index is 8.61. The van der Waals surface area contributed by atoms with E-state index >= 15 is 0 Å². The summed E-state index contributed by atoms with van der Waals surface area (Å²) < 4.78 is 5.72. The molecule has 0 spiro atoms. The second kappa shape index (κ2) is 6.36. The number of hydrogen-bond acceptors (Lipinski definition) is 3. The van der Waals surface area contributed by atoms with Gasteiger partial charge in [-0.2, -0.15) is 0 Å². The second-order valence-electron chi connectivity index (χ2n) is 5.73. The predicted molar refractivity (Wildman–Crippen MR) is 91.0 cm³/mol. The maximum Gasteiger partial charge on any atom is 0.128 e. The van der Waals surface area contributed by atoms with Crippen LogP contribution in [-0.4, -0.2) is 55.5 Å². The number of nitrogens with one attached hydrogen (secondary N) is 1. The van der Waals surface area contributed by atoms with Gasteiger partial charge in [0.15, 0.2) is 0 Å². The van der Waals surface area contributed by atoms with E-state index in [1.54, 1.807) is 0 Å². The summed E-state index contributed by atoms with van der Waals surface area (Å²) in [6, 6.07) is 12.2. The van der Waals surface area contributed by atoms with E-state index < -0.39 is 0 Å². The van der Waals surface area contributed by atoms with Crippen molar-refractivity contribution in [3.8, 4) is 5.75 Å². The molecule has 0 unspecified atom stereocenters. The molecule has 2 aromatic carbocycles. The minimum atomic E-state index is 0.618. The number of hydrogen-bond donors (Lipinski definition) is 1. The lowest BCUT2D eigenvalue weighted by Gasteiger charge is -2.34. The molecule has 1 aliphatic heterocycles. The van der Waals surface area contributed by atoms with Crippen molar-refractivity contribution in [2.45, 2.75) is 6.92 Å². The Morgan fingerprint density at radius 2 is 1.73 bits per heavy atom. The van der Waals surface area contributed by atoms with E-state index in [0.717, 1.165) is 48.3 Å². The summed E-state index contributed by atoms with van der Waals surface area (Å²) in [6.07, 6.45) is 0. The highest BCUT2D eigenvalue weighted by atomic mass is 16.5. The zero-order chi connectivity index (χ0) is 15.5. The molecule has 22 heavy (non-hydrogen) atoms. The van der Waals surface area contributed by atoms with Gasteiger partial charge in [0.05, 0.1) is 6.61 Å². The number of rotatable bonds is 3. The maximum absolute atomic E-state index is 8.61. The van der Waals surface area contributed by atoms with Crippen LogP contribution in [0.4, 0.5) is 0 Å². The molecule has 1 N–H and O–H groups in total. The summed E-state index contributed by atoms with van der Waals surface area (Å²) in [4.78, 5) is 4.47. The lowest BCUT2D eigenvalue weighted by Crippen LogP contribution is -2.47. The SMILES string of the molecule is CCOc1ccc(C(=N)N2CCN(C)CC2)c2ccccc12. The van der Waals surface area contributed by atoms with Gasteiger partial charge < -0.3 is 14.5 Å². The van der Waals surface area contributed by atoms with Crippen molar-refractivity contribution in [2.24, 2.45) is 0 Å². The van der Waals surface area contributed by atoms with Gasteiger partial charge in [0.1, 0.15) is 11.6 Å². The third kappa shape index (κ3) is 2.79. The van der Waals surface area contributed by atoms with Crippen molar-refractivity contribution in [3.63, 3.8) is 0 Å². The molecule has 0 radical (unpaired) electrons. The van der Waals surface area contributed by atoms with Crippen molar-refractivity contribution in [1.82, 2.24) is 9.80 Å². The Bertz CT molecular complexity index is 675. The predicted octanol–water partition coefficient (Wildman–Crippen LogP) is 2.81. The van der Waals surface area contributed by atoms with E-state index in [1.807, 2.05) is 31.2 Å². The lowest BCUT2D eigenvalue weighted by molar-refractivity contribution is 0.215. The van der Waals surface area contributed by atoms with Crippen LogP contribution in [0.5, 0.6) is 5.75 Å². The van der Waals surface area contributed by atoms with Crippen LogP contribution in [0.1, 0.15) is 12.5 Å². The Kier molecular flexibility index (Phi) is 4.29. The van der Waals surface area contributed by atoms with Gasteiger partial charge in [0.2, 0.25) is 0 Å². The molecule has 1 aliphatic rings. The smallest absolute Gasteiger partial charge is 0.128 e. The zero-order valence-electron chi connectivity index (χ0n) is 13.3. The van der Waals surface area contributed by atoms with Crippen LogP contribution in [0.25, 0.3) is 10.8 Å². The van der Waals surface area contributed by atoms with Crippen LogP contribution in [0, 0.1) is 5.41 Å². The number of ether oxygens (including phenoxy) is 1. The van der Waals surface area contributed by atoms with Crippen LogP contribution in [0.15, 0.2) is 36.4 Å². The fraction of sp³-hybridized carbons (Fsp3) is 0.389. The highest BCUT2D eigenvalue weighted by Gasteiger charge is 2.19. The lowest BCUT2D eigenvalue weighted by atomic mass is 10.0. The summed E-state index contributed by atoms with van der Waals surface area (Å²) in [6.45, 7) is 6.50. The van der Waals surface area contributed by atoms with E-state index in [1.165, 1.54) is 0 Å². The molecule has 0 atom stereocenters. The molecule has 4 nitrogen and oxygen atoms in total. The molecule has 1 saturated heterocycles. The monoisotopic (exact) mass is 297 g/mol. The molecule has 1 heterocycles. The van der Waals surface area contributed by atoms with E-state index in [4.69, 9.17) is 10.1 Å². The van der Waals surface area contributed by atoms with Gasteiger partial charge in [0.25, 0.3) is 0 Å². The molecule has 2 aromatic rings. The Morgan fingerprint density at radius 1 is 1.05 bits per heavy atom. The van der Waals surface area contributed by atoms with Crippen molar-refractivity contribution in [3.05, 3.63) is 42.0 Å². The van der Waals surface area contributed by atoms with E-state index in [2.05, 4.69) is 29.0 Å². The highest BCUT2D eigenvalue weighted by molar-refractivity contribution is 6.09. The fourth-order valence-electron chi connectivity index (χ4n) is 2.96. The summed E-state index contributed by atoms with van der Waals surface area (Å²) in [5.74, 6) is 1.51. The molecule has 3 rings (SSSR count). The molecule has 0 bridgehead atoms. The van der Waals surface area contributed by atoms with E-state index in [9.17, 15) is 0 Å². The third-order valence-corrected chi connectivity index (χ3v) is 4.26. The highest BCUT2D eigenvalue weighted by Crippen LogP contribution is 2.29. The number of benzene rings is 2. The summed E-state index contributed by atoms with van der Waals surface area (Å²) in [5.41, 5.74) is 0.989. The molecular formula is C18H23N3O. The first-order valence-electron chi connectivity index (χ1n) is 7.87. The van der Waals surface area contributed by atoms with Crippen LogP contribution >= 0.6 is 0 Å². The Labute approximate surface area is 131 Å². The first kappa shape index (κ1) is 14.9. The number of nitrogens with zero attached hydrogens (tertiary/aromatic N) is 2. The van der Waals surface area contributed by atoms with Crippen molar-refractivity contribution in [2.75, 3.05) is 39.8 Å². The number of piperazine rings is 1. The van der Waals surface area contributed by atoms with Gasteiger partial charge in [-0.3, -0.25) is 5.41 Å². The van der Waals surface area contributed by atoms with Gasteiger partial charge >= 0.3 is 0 Å². The summed E-state index contributed by atoms with van der Waals surface area (Å²) >= 11 is 0. The fourth-order valence-corrected chi connectivity index (χ4v) is 2.96. The largest absolute Gasteiger partial charge is 0.493 e. The molecule has 116 valence electrons. The number of fused-ring (bicyclic) bond motifs is 1. The molecule has 4 heteroatoms. The molecule has 0 amide bonds. The molecule has 1 fully saturated rings. The molecular weight excluding hydrogens is 274 g/mol. The van der Waals surface area contributed by atoms with Crippen LogP contribution < -0.4 is 4.74 Å². The van der Waals surface area contributed by atoms with Gasteiger partial charge in [0, 0.05) is 37.1 Å². The van der Waals surface area contributed by atoms with Crippen molar-refractivity contribution in [1.29, 1.82) is 5.41 Å². The van der Waals surface area contributed by atoms with Crippen molar-refractivity contribution >= 4 is 16.6 Å². The average Bonchev–Trinajstić information content (AvgIpc) is 2.55. The topological polar surface area (TPSA) is 39.6 Å². The first-order chi connectivity index (χ1) is 10.7. The van der Waals surface area contributed by atoms with Crippen LogP contribution in [0.2, 0.25) is 0 Å². The van der Waals surface area contributed by atoms with E-state index in [0.29, 0.717) is 12.4 Å². The molecule has 0 saturated carbocycles. The van der Waals surface area contributed by atoms with E-state index in [-0.39, 0.29) is 0 Å². The quantitative estimate of drug-likeness (QED) is 0.699. The average molecular weight is 297 g/mol. The van der Waals surface area contributed by atoms with Crippen LogP contribution in [-0.2, 0) is 0 Å². The molecule has 0 aliphatic carbocycles. The van der Waals surface area contributed by atoms with Gasteiger partial charge in [-0.25, -0.2) is 0 Å². The number of amidine groups is 1. The van der Waals surface area contributed by atoms with Gasteiger partial charge in [-0.05, 0) is 31.5 Å². The normalized spacial score (nSPS) is 16.0. The van der Waals surface area contributed by atoms with Crippen molar-refractivity contribution < 1.29 is 4.74 Å². The summed E-state index contributed by atoms with van der Waals surface area (Å²) in [7, 11) is 2.13. The number of likely N-dealkylation sites (N-methyl/N-ethyl adjacent to an activating group) is 1. The van der Waals surface area contributed by atoms with Gasteiger partial charge in [-0.1, -0.05) is 24.3 Å². The Hall–Kier alpha value is -2.07. The Morgan fingerprint density at radius 3 is 2.41 bits per heavy atom.